The number of hydrogen-bond donors (Lipinski definition) is 2. The number of rotatable bonds is 3. The van der Waals surface area contributed by atoms with Gasteiger partial charge in [-0.3, -0.25) is 9.51 Å². The molecule has 0 aliphatic heterocycles. The number of aromatic nitrogens is 2. The molecule has 2 atom stereocenters. The van der Waals surface area contributed by atoms with Crippen molar-refractivity contribution in [1.29, 1.82) is 0 Å². The van der Waals surface area contributed by atoms with Gasteiger partial charge in [-0.15, -0.1) is 0 Å². The Kier molecular flexibility index (Phi) is 1.45. The van der Waals surface area contributed by atoms with Crippen molar-refractivity contribution >= 4 is 0 Å². The summed E-state index contributed by atoms with van der Waals surface area (Å²) in [6.07, 6.45) is 3.65. The molecule has 3 rings (SSSR count). The molecule has 2 fully saturated rings. The van der Waals surface area contributed by atoms with Gasteiger partial charge in [-0.05, 0) is 31.1 Å². The second kappa shape index (κ2) is 2.48. The van der Waals surface area contributed by atoms with Gasteiger partial charge in [0.05, 0.1) is 0 Å². The summed E-state index contributed by atoms with van der Waals surface area (Å²) in [5.41, 5.74) is 5.69. The second-order valence-corrected chi connectivity index (χ2v) is 4.45. The van der Waals surface area contributed by atoms with Crippen LogP contribution in [0.15, 0.2) is 9.32 Å². The Morgan fingerprint density at radius 2 is 2.43 bits per heavy atom. The van der Waals surface area contributed by atoms with E-state index >= 15 is 0 Å². The summed E-state index contributed by atoms with van der Waals surface area (Å²) < 4.78 is 4.52. The smallest absolute Gasteiger partial charge is 0.329 e. The van der Waals surface area contributed by atoms with Gasteiger partial charge < -0.3 is 5.73 Å². The Hall–Kier alpha value is -1.10. The minimum atomic E-state index is -0.478. The lowest BCUT2D eigenvalue weighted by Crippen LogP contribution is -2.25. The number of H-pyrrole nitrogens is 1. The Balaban J connectivity index is 1.91. The number of aromatic amines is 1. The zero-order valence-corrected chi connectivity index (χ0v) is 7.82. The van der Waals surface area contributed by atoms with Crippen LogP contribution in [-0.4, -0.2) is 16.7 Å². The fourth-order valence-corrected chi connectivity index (χ4v) is 2.50. The van der Waals surface area contributed by atoms with Gasteiger partial charge in [-0.2, -0.15) is 0 Å². The molecular weight excluding hydrogens is 182 g/mol. The van der Waals surface area contributed by atoms with Crippen molar-refractivity contribution in [3.05, 3.63) is 16.4 Å². The summed E-state index contributed by atoms with van der Waals surface area (Å²) in [5, 5.41) is 3.76. The van der Waals surface area contributed by atoms with Crippen molar-refractivity contribution in [3.63, 3.8) is 0 Å². The fourth-order valence-electron chi connectivity index (χ4n) is 2.50. The van der Waals surface area contributed by atoms with Gasteiger partial charge in [0.15, 0.2) is 5.82 Å². The van der Waals surface area contributed by atoms with Gasteiger partial charge in [-0.1, -0.05) is 5.16 Å². The Bertz CT molecular complexity index is 406. The molecule has 1 heterocycles. The molecule has 76 valence electrons. The van der Waals surface area contributed by atoms with Crippen molar-refractivity contribution in [2.75, 3.05) is 6.54 Å². The van der Waals surface area contributed by atoms with Gasteiger partial charge in [-0.25, -0.2) is 4.79 Å². The van der Waals surface area contributed by atoms with E-state index in [0.29, 0.717) is 18.3 Å². The fraction of sp³-hybridized carbons (Fsp3) is 0.778. The molecular formula is C9H13N3O2. The average molecular weight is 195 g/mol. The van der Waals surface area contributed by atoms with Crippen LogP contribution >= 0.6 is 0 Å². The van der Waals surface area contributed by atoms with Crippen LogP contribution in [0.3, 0.4) is 0 Å². The molecule has 5 nitrogen and oxygen atoms in total. The van der Waals surface area contributed by atoms with E-state index in [9.17, 15) is 4.79 Å². The molecule has 0 saturated heterocycles. The van der Waals surface area contributed by atoms with E-state index in [4.69, 9.17) is 5.73 Å². The highest BCUT2D eigenvalue weighted by Crippen LogP contribution is 2.62. The predicted octanol–water partition coefficient (Wildman–Crippen LogP) is -0.0107. The van der Waals surface area contributed by atoms with Crippen LogP contribution in [0.5, 0.6) is 0 Å². The van der Waals surface area contributed by atoms with Crippen LogP contribution in [0, 0.1) is 11.8 Å². The zero-order chi connectivity index (χ0) is 9.76. The lowest BCUT2D eigenvalue weighted by molar-refractivity contribution is 0.372. The normalized spacial score (nSPS) is 35.9. The predicted molar refractivity (Wildman–Crippen MR) is 48.7 cm³/mol. The van der Waals surface area contributed by atoms with Crippen LogP contribution in [0.2, 0.25) is 0 Å². The van der Waals surface area contributed by atoms with E-state index in [1.54, 1.807) is 0 Å². The van der Waals surface area contributed by atoms with E-state index in [0.717, 1.165) is 12.3 Å². The van der Waals surface area contributed by atoms with Crippen LogP contribution in [0.25, 0.3) is 0 Å². The number of nitrogens with one attached hydrogen (secondary N) is 1. The number of nitrogens with two attached hydrogens (primary N) is 1. The highest BCUT2D eigenvalue weighted by atomic mass is 16.5. The molecule has 0 amide bonds. The Labute approximate surface area is 80.7 Å². The second-order valence-electron chi connectivity index (χ2n) is 4.45. The summed E-state index contributed by atoms with van der Waals surface area (Å²) in [5.74, 6) is 1.60. The first-order valence-electron chi connectivity index (χ1n) is 5.03. The molecule has 5 heteroatoms. The van der Waals surface area contributed by atoms with E-state index in [-0.39, 0.29) is 5.41 Å². The van der Waals surface area contributed by atoms with Gasteiger partial charge in [0.25, 0.3) is 0 Å². The van der Waals surface area contributed by atoms with Crippen LogP contribution in [-0.2, 0) is 5.41 Å². The topological polar surface area (TPSA) is 84.9 Å². The molecule has 3 N–H and O–H groups in total. The molecule has 0 spiro atoms. The van der Waals surface area contributed by atoms with Crippen molar-refractivity contribution in [2.45, 2.75) is 24.7 Å². The van der Waals surface area contributed by atoms with E-state index in [2.05, 4.69) is 14.7 Å². The third-order valence-corrected chi connectivity index (χ3v) is 3.60. The van der Waals surface area contributed by atoms with Crippen LogP contribution < -0.4 is 11.5 Å². The molecule has 2 aliphatic rings. The zero-order valence-electron chi connectivity index (χ0n) is 7.82. The largest absolute Gasteiger partial charge is 0.438 e. The molecule has 2 saturated carbocycles. The highest BCUT2D eigenvalue weighted by Gasteiger charge is 2.62. The summed E-state index contributed by atoms with van der Waals surface area (Å²) in [4.78, 5) is 13.5. The van der Waals surface area contributed by atoms with Crippen LogP contribution in [0.4, 0.5) is 0 Å². The average Bonchev–Trinajstić information content (AvgIpc) is 3.06. The van der Waals surface area contributed by atoms with Gasteiger partial charge >= 0.3 is 5.76 Å². The molecule has 14 heavy (non-hydrogen) atoms. The Morgan fingerprint density at radius 1 is 1.64 bits per heavy atom. The molecule has 0 aromatic carbocycles. The van der Waals surface area contributed by atoms with E-state index in [1.165, 1.54) is 12.8 Å². The monoisotopic (exact) mass is 195 g/mol. The first kappa shape index (κ1) is 8.23. The maximum Gasteiger partial charge on any atom is 0.438 e. The third-order valence-electron chi connectivity index (χ3n) is 3.60. The maximum absolute atomic E-state index is 10.8. The minimum Gasteiger partial charge on any atom is -0.329 e. The first-order chi connectivity index (χ1) is 6.76. The standard InChI is InChI=1S/C9H13N3O2/c10-4-9(3-6(9)5-1-2-5)7-11-8(13)14-12-7/h5-6H,1-4,10H2,(H,11,12,13). The van der Waals surface area contributed by atoms with Gasteiger partial charge in [0.2, 0.25) is 0 Å². The van der Waals surface area contributed by atoms with Crippen molar-refractivity contribution in [2.24, 2.45) is 17.6 Å². The molecule has 2 aliphatic carbocycles. The summed E-state index contributed by atoms with van der Waals surface area (Å²) in [6, 6.07) is 0. The number of hydrogen-bond acceptors (Lipinski definition) is 4. The Morgan fingerprint density at radius 3 is 2.93 bits per heavy atom. The molecule has 2 unspecified atom stereocenters. The molecule has 1 aromatic rings. The lowest BCUT2D eigenvalue weighted by Gasteiger charge is -2.09. The van der Waals surface area contributed by atoms with Crippen molar-refractivity contribution < 1.29 is 4.52 Å². The van der Waals surface area contributed by atoms with Crippen LogP contribution in [0.1, 0.15) is 25.1 Å². The third kappa shape index (κ3) is 0.987. The number of nitrogens with zero attached hydrogens (tertiary/aromatic N) is 1. The van der Waals surface area contributed by atoms with Crippen molar-refractivity contribution in [3.8, 4) is 0 Å². The van der Waals surface area contributed by atoms with E-state index in [1.807, 2.05) is 0 Å². The maximum atomic E-state index is 10.8. The molecule has 0 radical (unpaired) electrons. The first-order valence-corrected chi connectivity index (χ1v) is 5.03. The quantitative estimate of drug-likeness (QED) is 0.710. The minimum absolute atomic E-state index is 0.0761. The van der Waals surface area contributed by atoms with E-state index < -0.39 is 5.76 Å². The summed E-state index contributed by atoms with van der Waals surface area (Å²) in [6.45, 7) is 0.552. The van der Waals surface area contributed by atoms with Gasteiger partial charge in [0, 0.05) is 12.0 Å². The molecule has 0 bridgehead atoms. The summed E-state index contributed by atoms with van der Waals surface area (Å²) >= 11 is 0. The SMILES string of the molecule is NCC1(c2noc(=O)[nH]2)CC1C1CC1. The summed E-state index contributed by atoms with van der Waals surface area (Å²) in [7, 11) is 0. The van der Waals surface area contributed by atoms with Crippen molar-refractivity contribution in [1.82, 2.24) is 10.1 Å². The lowest BCUT2D eigenvalue weighted by atomic mass is 10.0. The van der Waals surface area contributed by atoms with Gasteiger partial charge in [0.1, 0.15) is 0 Å². The highest BCUT2D eigenvalue weighted by molar-refractivity contribution is 5.24. The molecule has 1 aromatic heterocycles.